The van der Waals surface area contributed by atoms with Gasteiger partial charge in [0.25, 0.3) is 0 Å². The standard InChI is InChI=1S/C34H34O6S/c1-25(35)39-31-19-11-9-17-29(31)33(21-23-37-27-13-5-3-6-14-27)41-34(22-24-38-28-15-7-4-8-16-28)30-18-10-12-20-32(30)40-26(2)36/h3-20,33-34H,21-24H2,1-2H3. The Morgan fingerprint density at radius 2 is 0.927 bits per heavy atom. The molecule has 0 spiro atoms. The Morgan fingerprint density at radius 1 is 0.561 bits per heavy atom. The van der Waals surface area contributed by atoms with E-state index in [1.54, 1.807) is 11.8 Å². The smallest absolute Gasteiger partial charge is 0.308 e. The Morgan fingerprint density at radius 3 is 1.32 bits per heavy atom. The number of thioether (sulfide) groups is 1. The lowest BCUT2D eigenvalue weighted by Crippen LogP contribution is -2.12. The topological polar surface area (TPSA) is 71.1 Å². The van der Waals surface area contributed by atoms with Crippen molar-refractivity contribution in [2.45, 2.75) is 37.2 Å². The van der Waals surface area contributed by atoms with E-state index in [1.807, 2.05) is 109 Å². The number of para-hydroxylation sites is 4. The molecule has 0 amide bonds. The van der Waals surface area contributed by atoms with Crippen LogP contribution in [0, 0.1) is 0 Å². The summed E-state index contributed by atoms with van der Waals surface area (Å²) in [4.78, 5) is 23.9. The maximum absolute atomic E-state index is 11.9. The molecule has 212 valence electrons. The molecule has 2 atom stereocenters. The molecule has 41 heavy (non-hydrogen) atoms. The van der Waals surface area contributed by atoms with Gasteiger partial charge in [-0.1, -0.05) is 72.8 Å². The van der Waals surface area contributed by atoms with Crippen LogP contribution in [0.5, 0.6) is 23.0 Å². The molecule has 0 aliphatic rings. The van der Waals surface area contributed by atoms with E-state index in [-0.39, 0.29) is 22.4 Å². The van der Waals surface area contributed by atoms with Crippen LogP contribution in [-0.4, -0.2) is 25.2 Å². The van der Waals surface area contributed by atoms with Crippen LogP contribution >= 0.6 is 11.8 Å². The molecule has 0 aliphatic carbocycles. The van der Waals surface area contributed by atoms with Crippen LogP contribution in [0.15, 0.2) is 109 Å². The third-order valence-corrected chi connectivity index (χ3v) is 7.79. The summed E-state index contributed by atoms with van der Waals surface area (Å²) in [5.41, 5.74) is 1.78. The van der Waals surface area contributed by atoms with Gasteiger partial charge in [-0.15, -0.1) is 11.8 Å². The van der Waals surface area contributed by atoms with E-state index in [1.165, 1.54) is 13.8 Å². The molecule has 0 fully saturated rings. The second kappa shape index (κ2) is 15.5. The zero-order valence-electron chi connectivity index (χ0n) is 23.2. The molecule has 0 N–H and O–H groups in total. The fourth-order valence-electron chi connectivity index (χ4n) is 4.38. The zero-order valence-corrected chi connectivity index (χ0v) is 24.0. The summed E-state index contributed by atoms with van der Waals surface area (Å²) in [6.45, 7) is 3.71. The quantitative estimate of drug-likeness (QED) is 0.112. The number of benzene rings is 4. The molecule has 0 heterocycles. The third-order valence-electron chi connectivity index (χ3n) is 6.15. The molecular weight excluding hydrogens is 536 g/mol. The Bertz CT molecular complexity index is 1290. The maximum Gasteiger partial charge on any atom is 0.308 e. The number of hydrogen-bond donors (Lipinski definition) is 0. The highest BCUT2D eigenvalue weighted by Crippen LogP contribution is 2.48. The van der Waals surface area contributed by atoms with E-state index >= 15 is 0 Å². The first kappa shape index (κ1) is 29.7. The highest BCUT2D eigenvalue weighted by atomic mass is 32.2. The number of ether oxygens (including phenoxy) is 4. The van der Waals surface area contributed by atoms with Gasteiger partial charge in [0.15, 0.2) is 0 Å². The van der Waals surface area contributed by atoms with Crippen LogP contribution in [0.1, 0.15) is 48.3 Å². The minimum atomic E-state index is -0.380. The lowest BCUT2D eigenvalue weighted by molar-refractivity contribution is -0.132. The van der Waals surface area contributed by atoms with Crippen LogP contribution in [0.3, 0.4) is 0 Å². The molecule has 0 aliphatic heterocycles. The molecule has 0 saturated carbocycles. The number of rotatable bonds is 14. The van der Waals surface area contributed by atoms with Crippen LogP contribution < -0.4 is 18.9 Å². The lowest BCUT2D eigenvalue weighted by Gasteiger charge is -2.26. The van der Waals surface area contributed by atoms with Crippen LogP contribution in [0.25, 0.3) is 0 Å². The van der Waals surface area contributed by atoms with Crippen molar-refractivity contribution in [3.63, 3.8) is 0 Å². The number of hydrogen-bond acceptors (Lipinski definition) is 7. The highest BCUT2D eigenvalue weighted by molar-refractivity contribution is 7.99. The summed E-state index contributed by atoms with van der Waals surface area (Å²) in [7, 11) is 0. The minimum absolute atomic E-state index is 0.110. The van der Waals surface area contributed by atoms with E-state index in [9.17, 15) is 9.59 Å². The van der Waals surface area contributed by atoms with E-state index in [4.69, 9.17) is 18.9 Å². The molecule has 2 unspecified atom stereocenters. The first-order valence-electron chi connectivity index (χ1n) is 13.6. The first-order valence-corrected chi connectivity index (χ1v) is 14.5. The SMILES string of the molecule is CC(=O)Oc1ccccc1C(CCOc1ccccc1)SC(CCOc1ccccc1)c1ccccc1OC(C)=O. The Hall–Kier alpha value is -4.23. The molecule has 4 aromatic rings. The summed E-state index contributed by atoms with van der Waals surface area (Å²) in [6.07, 6.45) is 1.28. The Labute approximate surface area is 245 Å². The van der Waals surface area contributed by atoms with Gasteiger partial charge in [0.1, 0.15) is 23.0 Å². The predicted molar refractivity (Wildman–Crippen MR) is 162 cm³/mol. The van der Waals surface area contributed by atoms with Crippen molar-refractivity contribution in [1.82, 2.24) is 0 Å². The van der Waals surface area contributed by atoms with E-state index in [0.717, 1.165) is 22.6 Å². The molecule has 7 heteroatoms. The Kier molecular flexibility index (Phi) is 11.3. The van der Waals surface area contributed by atoms with E-state index in [0.29, 0.717) is 37.6 Å². The maximum atomic E-state index is 11.9. The van der Waals surface area contributed by atoms with Crippen molar-refractivity contribution in [3.8, 4) is 23.0 Å². The zero-order chi connectivity index (χ0) is 28.9. The second-order valence-electron chi connectivity index (χ2n) is 9.28. The van der Waals surface area contributed by atoms with Crippen molar-refractivity contribution >= 4 is 23.7 Å². The average molecular weight is 571 g/mol. The summed E-state index contributed by atoms with van der Waals surface area (Å²) in [5, 5.41) is -0.220. The number of carbonyl (C=O) groups excluding carboxylic acids is 2. The van der Waals surface area contributed by atoms with Gasteiger partial charge >= 0.3 is 11.9 Å². The third kappa shape index (κ3) is 9.43. The monoisotopic (exact) mass is 570 g/mol. The first-order chi connectivity index (χ1) is 20.0. The second-order valence-corrected chi connectivity index (χ2v) is 10.7. The molecule has 4 aromatic carbocycles. The summed E-state index contributed by atoms with van der Waals surface area (Å²) >= 11 is 1.71. The summed E-state index contributed by atoms with van der Waals surface area (Å²) < 4.78 is 23.3. The Balaban J connectivity index is 1.63. The number of esters is 2. The normalized spacial score (nSPS) is 12.1. The average Bonchev–Trinajstić information content (AvgIpc) is 2.97. The molecular formula is C34H34O6S. The van der Waals surface area contributed by atoms with Crippen LogP contribution in [0.2, 0.25) is 0 Å². The van der Waals surface area contributed by atoms with Crippen molar-refractivity contribution in [1.29, 1.82) is 0 Å². The highest BCUT2D eigenvalue weighted by Gasteiger charge is 2.26. The van der Waals surface area contributed by atoms with Gasteiger partial charge in [0.2, 0.25) is 0 Å². The van der Waals surface area contributed by atoms with Crippen molar-refractivity contribution in [2.24, 2.45) is 0 Å². The van der Waals surface area contributed by atoms with Crippen LogP contribution in [0.4, 0.5) is 0 Å². The summed E-state index contributed by atoms with van der Waals surface area (Å²) in [6, 6.07) is 34.5. The molecule has 0 saturated heterocycles. The summed E-state index contributed by atoms with van der Waals surface area (Å²) in [5.74, 6) is 1.86. The van der Waals surface area contributed by atoms with Gasteiger partial charge in [-0.25, -0.2) is 0 Å². The largest absolute Gasteiger partial charge is 0.494 e. The van der Waals surface area contributed by atoms with E-state index in [2.05, 4.69) is 0 Å². The van der Waals surface area contributed by atoms with Gasteiger partial charge < -0.3 is 18.9 Å². The molecule has 0 bridgehead atoms. The van der Waals surface area contributed by atoms with Crippen LogP contribution in [-0.2, 0) is 9.59 Å². The fourth-order valence-corrected chi connectivity index (χ4v) is 5.93. The predicted octanol–water partition coefficient (Wildman–Crippen LogP) is 7.99. The van der Waals surface area contributed by atoms with Gasteiger partial charge in [0.05, 0.1) is 13.2 Å². The van der Waals surface area contributed by atoms with Gasteiger partial charge in [-0.2, -0.15) is 0 Å². The fraction of sp³-hybridized carbons (Fsp3) is 0.235. The molecule has 0 aromatic heterocycles. The van der Waals surface area contributed by atoms with Gasteiger partial charge in [-0.05, 0) is 49.2 Å². The number of carbonyl (C=O) groups is 2. The minimum Gasteiger partial charge on any atom is -0.494 e. The molecule has 6 nitrogen and oxygen atoms in total. The molecule has 4 rings (SSSR count). The van der Waals surface area contributed by atoms with Crippen molar-refractivity contribution in [2.75, 3.05) is 13.2 Å². The van der Waals surface area contributed by atoms with Gasteiger partial charge in [-0.3, -0.25) is 9.59 Å². The van der Waals surface area contributed by atoms with E-state index < -0.39 is 0 Å². The molecule has 0 radical (unpaired) electrons. The van der Waals surface area contributed by atoms with Gasteiger partial charge in [0, 0.05) is 35.5 Å². The lowest BCUT2D eigenvalue weighted by atomic mass is 10.1. The van der Waals surface area contributed by atoms with Crippen molar-refractivity contribution in [3.05, 3.63) is 120 Å². The van der Waals surface area contributed by atoms with Crippen molar-refractivity contribution < 1.29 is 28.5 Å².